The van der Waals surface area contributed by atoms with Gasteiger partial charge in [-0.3, -0.25) is 9.59 Å². The van der Waals surface area contributed by atoms with Crippen LogP contribution >= 0.6 is 0 Å². The van der Waals surface area contributed by atoms with Gasteiger partial charge in [-0.25, -0.2) is 0 Å². The average molecular weight is 307 g/mol. The van der Waals surface area contributed by atoms with E-state index in [4.69, 9.17) is 14.6 Å². The smallest absolute Gasteiger partial charge is 0.308 e. The van der Waals surface area contributed by atoms with E-state index >= 15 is 0 Å². The van der Waals surface area contributed by atoms with Crippen LogP contribution < -0.4 is 9.47 Å². The molecule has 0 saturated carbocycles. The largest absolute Gasteiger partial charge is 0.493 e. The van der Waals surface area contributed by atoms with Crippen LogP contribution in [0.2, 0.25) is 0 Å². The molecule has 0 spiro atoms. The van der Waals surface area contributed by atoms with E-state index in [1.54, 1.807) is 23.1 Å². The molecule has 6 nitrogen and oxygen atoms in total. The first-order chi connectivity index (χ1) is 10.4. The molecule has 0 radical (unpaired) electrons. The lowest BCUT2D eigenvalue weighted by Crippen LogP contribution is -2.29. The minimum Gasteiger partial charge on any atom is -0.493 e. The molecule has 1 unspecified atom stereocenters. The standard InChI is InChI=1S/C16H21NO5/c1-10(2)22-13-5-4-11(8-14(13)21-3)15(18)17-7-6-12(9-17)16(19)20/h4-5,8,10,12H,6-7,9H2,1-3H3,(H,19,20). The first kappa shape index (κ1) is 16.1. The monoisotopic (exact) mass is 307 g/mol. The zero-order chi connectivity index (χ0) is 16.3. The van der Waals surface area contributed by atoms with Crippen molar-refractivity contribution in [2.45, 2.75) is 26.4 Å². The molecule has 120 valence electrons. The summed E-state index contributed by atoms with van der Waals surface area (Å²) in [6.45, 7) is 4.53. The average Bonchev–Trinajstić information content (AvgIpc) is 2.96. The quantitative estimate of drug-likeness (QED) is 0.900. The molecule has 1 atom stereocenters. The minimum atomic E-state index is -0.853. The summed E-state index contributed by atoms with van der Waals surface area (Å²) in [5.74, 6) is -0.437. The van der Waals surface area contributed by atoms with Gasteiger partial charge in [0.1, 0.15) is 0 Å². The second-order valence-electron chi connectivity index (χ2n) is 5.61. The Bertz CT molecular complexity index is 570. The van der Waals surface area contributed by atoms with Gasteiger partial charge in [-0.1, -0.05) is 0 Å². The Labute approximate surface area is 129 Å². The van der Waals surface area contributed by atoms with Gasteiger partial charge in [-0.15, -0.1) is 0 Å². The van der Waals surface area contributed by atoms with Crippen LogP contribution in [0.4, 0.5) is 0 Å². The number of benzene rings is 1. The summed E-state index contributed by atoms with van der Waals surface area (Å²) in [4.78, 5) is 25.0. The Morgan fingerprint density at radius 2 is 2.05 bits per heavy atom. The number of hydrogen-bond acceptors (Lipinski definition) is 4. The molecular formula is C16H21NO5. The van der Waals surface area contributed by atoms with E-state index in [9.17, 15) is 9.59 Å². The second-order valence-corrected chi connectivity index (χ2v) is 5.61. The predicted molar refractivity (Wildman–Crippen MR) is 80.4 cm³/mol. The highest BCUT2D eigenvalue weighted by atomic mass is 16.5. The van der Waals surface area contributed by atoms with E-state index in [1.807, 2.05) is 13.8 Å². The van der Waals surface area contributed by atoms with Gasteiger partial charge >= 0.3 is 5.97 Å². The second kappa shape index (κ2) is 6.68. The first-order valence-corrected chi connectivity index (χ1v) is 7.29. The van der Waals surface area contributed by atoms with Crippen molar-refractivity contribution in [3.8, 4) is 11.5 Å². The highest BCUT2D eigenvalue weighted by molar-refractivity contribution is 5.95. The van der Waals surface area contributed by atoms with Crippen LogP contribution in [-0.4, -0.2) is 48.2 Å². The van der Waals surface area contributed by atoms with Crippen LogP contribution in [0.1, 0.15) is 30.6 Å². The van der Waals surface area contributed by atoms with Gasteiger partial charge in [0.15, 0.2) is 11.5 Å². The van der Waals surface area contributed by atoms with Crippen molar-refractivity contribution in [3.63, 3.8) is 0 Å². The molecular weight excluding hydrogens is 286 g/mol. The molecule has 1 heterocycles. The number of aliphatic carboxylic acids is 1. The van der Waals surface area contributed by atoms with Crippen LogP contribution in [0.15, 0.2) is 18.2 Å². The maximum atomic E-state index is 12.5. The van der Waals surface area contributed by atoms with Crippen LogP contribution in [0.3, 0.4) is 0 Å². The maximum absolute atomic E-state index is 12.5. The minimum absolute atomic E-state index is 0.00496. The van der Waals surface area contributed by atoms with E-state index in [-0.39, 0.29) is 18.6 Å². The molecule has 2 rings (SSSR count). The van der Waals surface area contributed by atoms with Gasteiger partial charge in [-0.05, 0) is 38.5 Å². The zero-order valence-electron chi connectivity index (χ0n) is 13.0. The zero-order valence-corrected chi connectivity index (χ0v) is 13.0. The summed E-state index contributed by atoms with van der Waals surface area (Å²) in [5, 5.41) is 9.01. The highest BCUT2D eigenvalue weighted by Crippen LogP contribution is 2.30. The van der Waals surface area contributed by atoms with Crippen molar-refractivity contribution in [2.24, 2.45) is 5.92 Å². The number of rotatable bonds is 5. The molecule has 0 aromatic heterocycles. The van der Waals surface area contributed by atoms with Crippen molar-refractivity contribution >= 4 is 11.9 Å². The van der Waals surface area contributed by atoms with Crippen molar-refractivity contribution < 1.29 is 24.2 Å². The predicted octanol–water partition coefficient (Wildman–Crippen LogP) is 2.03. The van der Waals surface area contributed by atoms with Crippen LogP contribution in [0.25, 0.3) is 0 Å². The third-order valence-electron chi connectivity index (χ3n) is 3.60. The summed E-state index contributed by atoms with van der Waals surface area (Å²) in [6.07, 6.45) is 0.498. The van der Waals surface area contributed by atoms with Gasteiger partial charge in [0.05, 0.1) is 19.1 Å². The lowest BCUT2D eigenvalue weighted by atomic mass is 10.1. The number of likely N-dealkylation sites (tertiary alicyclic amines) is 1. The fourth-order valence-electron chi connectivity index (χ4n) is 2.48. The maximum Gasteiger partial charge on any atom is 0.308 e. The van der Waals surface area contributed by atoms with Crippen LogP contribution in [0, 0.1) is 5.92 Å². The van der Waals surface area contributed by atoms with Crippen molar-refractivity contribution in [1.82, 2.24) is 4.90 Å². The van der Waals surface area contributed by atoms with Crippen LogP contribution in [0.5, 0.6) is 11.5 Å². The number of carbonyl (C=O) groups excluding carboxylic acids is 1. The van der Waals surface area contributed by atoms with E-state index in [2.05, 4.69) is 0 Å². The normalized spacial score (nSPS) is 17.6. The summed E-state index contributed by atoms with van der Waals surface area (Å²) >= 11 is 0. The molecule has 0 aliphatic carbocycles. The molecule has 22 heavy (non-hydrogen) atoms. The molecule has 1 aromatic carbocycles. The Morgan fingerprint density at radius 3 is 2.59 bits per heavy atom. The van der Waals surface area contributed by atoms with Gasteiger partial charge in [-0.2, -0.15) is 0 Å². The van der Waals surface area contributed by atoms with Gasteiger partial charge in [0.2, 0.25) is 0 Å². The van der Waals surface area contributed by atoms with E-state index < -0.39 is 11.9 Å². The number of methoxy groups -OCH3 is 1. The number of ether oxygens (including phenoxy) is 2. The molecule has 1 aliphatic heterocycles. The van der Waals surface area contributed by atoms with Crippen LogP contribution in [-0.2, 0) is 4.79 Å². The van der Waals surface area contributed by atoms with Crippen molar-refractivity contribution in [3.05, 3.63) is 23.8 Å². The SMILES string of the molecule is COc1cc(C(=O)N2CCC(C(=O)O)C2)ccc1OC(C)C. The highest BCUT2D eigenvalue weighted by Gasteiger charge is 2.31. The number of carbonyl (C=O) groups is 2. The van der Waals surface area contributed by atoms with Gasteiger partial charge < -0.3 is 19.5 Å². The Balaban J connectivity index is 2.15. The molecule has 6 heteroatoms. The lowest BCUT2D eigenvalue weighted by molar-refractivity contribution is -0.141. The summed E-state index contributed by atoms with van der Waals surface area (Å²) in [7, 11) is 1.52. The molecule has 0 bridgehead atoms. The summed E-state index contributed by atoms with van der Waals surface area (Å²) < 4.78 is 10.9. The Kier molecular flexibility index (Phi) is 4.90. The molecule has 1 aliphatic rings. The first-order valence-electron chi connectivity index (χ1n) is 7.29. The topological polar surface area (TPSA) is 76.1 Å². The Hall–Kier alpha value is -2.24. The van der Waals surface area contributed by atoms with Crippen molar-refractivity contribution in [1.29, 1.82) is 0 Å². The molecule has 1 fully saturated rings. The third-order valence-corrected chi connectivity index (χ3v) is 3.60. The lowest BCUT2D eigenvalue weighted by Gasteiger charge is -2.18. The fourth-order valence-corrected chi connectivity index (χ4v) is 2.48. The van der Waals surface area contributed by atoms with Gasteiger partial charge in [0.25, 0.3) is 5.91 Å². The number of hydrogen-bond donors (Lipinski definition) is 1. The van der Waals surface area contributed by atoms with E-state index in [1.165, 1.54) is 7.11 Å². The number of carboxylic acids is 1. The number of amides is 1. The summed E-state index contributed by atoms with van der Waals surface area (Å²) in [6, 6.07) is 5.02. The van der Waals surface area contributed by atoms with E-state index in [0.717, 1.165) is 0 Å². The van der Waals surface area contributed by atoms with Gasteiger partial charge in [0, 0.05) is 18.7 Å². The fraction of sp³-hybridized carbons (Fsp3) is 0.500. The summed E-state index contributed by atoms with van der Waals surface area (Å²) in [5.41, 5.74) is 0.471. The molecule has 1 aromatic rings. The number of carboxylic acid groups (broad SMARTS) is 1. The Morgan fingerprint density at radius 1 is 1.32 bits per heavy atom. The third kappa shape index (κ3) is 3.50. The number of nitrogens with zero attached hydrogens (tertiary/aromatic N) is 1. The molecule has 1 saturated heterocycles. The molecule has 1 amide bonds. The molecule has 1 N–H and O–H groups in total. The van der Waals surface area contributed by atoms with Crippen molar-refractivity contribution in [2.75, 3.05) is 20.2 Å². The van der Waals surface area contributed by atoms with E-state index in [0.29, 0.717) is 30.0 Å².